The van der Waals surface area contributed by atoms with E-state index >= 15 is 0 Å². The van der Waals surface area contributed by atoms with Crippen LogP contribution >= 0.6 is 0 Å². The van der Waals surface area contributed by atoms with Crippen LogP contribution in [0.25, 0.3) is 16.8 Å². The number of fused-ring (bicyclic) bond motifs is 1. The number of carbonyl (C=O) groups excluding carboxylic acids is 3. The van der Waals surface area contributed by atoms with Gasteiger partial charge in [-0.05, 0) is 23.1 Å². The molecule has 2 N–H and O–H groups in total. The number of hydrogen-bond donors (Lipinski definition) is 2. The summed E-state index contributed by atoms with van der Waals surface area (Å²) in [6.07, 6.45) is 2.97. The van der Waals surface area contributed by atoms with Gasteiger partial charge < -0.3 is 15.4 Å². The number of anilines is 1. The van der Waals surface area contributed by atoms with Crippen molar-refractivity contribution in [3.63, 3.8) is 0 Å². The summed E-state index contributed by atoms with van der Waals surface area (Å²) in [6, 6.07) is 22.5. The number of carbonyl (C=O) groups is 3. The predicted octanol–water partition coefficient (Wildman–Crippen LogP) is 3.15. The number of hydrogen-bond acceptors (Lipinski definition) is 4. The van der Waals surface area contributed by atoms with Gasteiger partial charge in [-0.2, -0.15) is 0 Å². The third kappa shape index (κ3) is 6.04. The van der Waals surface area contributed by atoms with Gasteiger partial charge in [0.2, 0.25) is 5.91 Å². The van der Waals surface area contributed by atoms with Crippen LogP contribution in [-0.2, 0) is 19.1 Å². The summed E-state index contributed by atoms with van der Waals surface area (Å²) in [5.41, 5.74) is 1.51. The van der Waals surface area contributed by atoms with Crippen LogP contribution < -0.4 is 10.6 Å². The summed E-state index contributed by atoms with van der Waals surface area (Å²) < 4.78 is 4.91. The van der Waals surface area contributed by atoms with Crippen molar-refractivity contribution in [1.29, 1.82) is 0 Å². The molecule has 0 aliphatic heterocycles. The maximum atomic E-state index is 12.1. The molecule has 0 radical (unpaired) electrons. The summed E-state index contributed by atoms with van der Waals surface area (Å²) in [4.78, 5) is 35.6. The maximum Gasteiger partial charge on any atom is 0.325 e. The van der Waals surface area contributed by atoms with Crippen molar-refractivity contribution in [1.82, 2.24) is 5.32 Å². The lowest BCUT2D eigenvalue weighted by molar-refractivity contribution is -0.146. The van der Waals surface area contributed by atoms with Gasteiger partial charge >= 0.3 is 5.97 Å². The number of amides is 2. The Hall–Kier alpha value is -3.93. The molecule has 0 aromatic heterocycles. The molecule has 29 heavy (non-hydrogen) atoms. The molecule has 0 saturated heterocycles. The largest absolute Gasteiger partial charge is 0.454 e. The van der Waals surface area contributed by atoms with Crippen LogP contribution in [-0.4, -0.2) is 30.9 Å². The first-order valence-electron chi connectivity index (χ1n) is 9.06. The van der Waals surface area contributed by atoms with Crippen LogP contribution in [0.2, 0.25) is 0 Å². The van der Waals surface area contributed by atoms with E-state index in [2.05, 4.69) is 10.6 Å². The molecule has 0 heterocycles. The summed E-state index contributed by atoms with van der Waals surface area (Å²) in [6.45, 7) is -0.753. The second kappa shape index (κ2) is 9.85. The lowest BCUT2D eigenvalue weighted by Gasteiger charge is -2.09. The van der Waals surface area contributed by atoms with E-state index in [1.165, 1.54) is 6.08 Å². The normalized spacial score (nSPS) is 10.6. The number of esters is 1. The third-order valence-corrected chi connectivity index (χ3v) is 4.06. The smallest absolute Gasteiger partial charge is 0.325 e. The Labute approximate surface area is 168 Å². The van der Waals surface area contributed by atoms with Gasteiger partial charge in [0, 0.05) is 17.1 Å². The van der Waals surface area contributed by atoms with E-state index in [9.17, 15) is 14.4 Å². The van der Waals surface area contributed by atoms with Crippen LogP contribution in [0.15, 0.2) is 78.9 Å². The van der Waals surface area contributed by atoms with Crippen molar-refractivity contribution < 1.29 is 19.1 Å². The van der Waals surface area contributed by atoms with Gasteiger partial charge in [0.1, 0.15) is 6.54 Å². The fourth-order valence-electron chi connectivity index (χ4n) is 2.67. The minimum Gasteiger partial charge on any atom is -0.454 e. The first kappa shape index (κ1) is 19.8. The average Bonchev–Trinajstić information content (AvgIpc) is 2.76. The van der Waals surface area contributed by atoms with Crippen LogP contribution in [0.1, 0.15) is 5.56 Å². The Bertz CT molecular complexity index is 1040. The summed E-state index contributed by atoms with van der Waals surface area (Å²) >= 11 is 0. The lowest BCUT2D eigenvalue weighted by Crippen LogP contribution is -2.31. The van der Waals surface area contributed by atoms with Crippen LogP contribution in [0, 0.1) is 0 Å². The minimum absolute atomic E-state index is 0.320. The predicted molar refractivity (Wildman–Crippen MR) is 112 cm³/mol. The Balaban J connectivity index is 1.42. The third-order valence-electron chi connectivity index (χ3n) is 4.06. The summed E-state index contributed by atoms with van der Waals surface area (Å²) in [7, 11) is 0. The highest BCUT2D eigenvalue weighted by molar-refractivity contribution is 6.02. The molecule has 146 valence electrons. The highest BCUT2D eigenvalue weighted by atomic mass is 16.5. The molecule has 6 nitrogen and oxygen atoms in total. The molecule has 0 bridgehead atoms. The zero-order valence-corrected chi connectivity index (χ0v) is 15.6. The van der Waals surface area contributed by atoms with Crippen LogP contribution in [0.5, 0.6) is 0 Å². The molecule has 0 spiro atoms. The Morgan fingerprint density at radius 2 is 1.59 bits per heavy atom. The summed E-state index contributed by atoms with van der Waals surface area (Å²) in [5.74, 6) is -1.57. The molecule has 0 unspecified atom stereocenters. The molecule has 2 amide bonds. The van der Waals surface area contributed by atoms with Gasteiger partial charge in [-0.15, -0.1) is 0 Å². The number of nitrogens with one attached hydrogen (secondary N) is 2. The molecular formula is C23H20N2O4. The second-order valence-corrected chi connectivity index (χ2v) is 6.20. The van der Waals surface area contributed by atoms with E-state index in [1.807, 2.05) is 66.7 Å². The van der Waals surface area contributed by atoms with Gasteiger partial charge in [-0.1, -0.05) is 66.7 Å². The van der Waals surface area contributed by atoms with Crippen molar-refractivity contribution >= 4 is 40.3 Å². The molecule has 6 heteroatoms. The SMILES string of the molecule is O=C(/C=C/c1ccccc1)NCC(=O)OCC(=O)Nc1cccc2ccccc12. The highest BCUT2D eigenvalue weighted by Gasteiger charge is 2.10. The summed E-state index contributed by atoms with van der Waals surface area (Å²) in [5, 5.41) is 7.04. The van der Waals surface area contributed by atoms with E-state index in [0.29, 0.717) is 5.69 Å². The van der Waals surface area contributed by atoms with Crippen molar-refractivity contribution in [3.05, 3.63) is 84.4 Å². The monoisotopic (exact) mass is 388 g/mol. The lowest BCUT2D eigenvalue weighted by atomic mass is 10.1. The van der Waals surface area contributed by atoms with E-state index in [4.69, 9.17) is 4.74 Å². The van der Waals surface area contributed by atoms with E-state index in [0.717, 1.165) is 16.3 Å². The molecule has 0 aliphatic carbocycles. The van der Waals surface area contributed by atoms with Crippen molar-refractivity contribution in [2.75, 3.05) is 18.5 Å². The Morgan fingerprint density at radius 3 is 2.41 bits per heavy atom. The van der Waals surface area contributed by atoms with Crippen LogP contribution in [0.4, 0.5) is 5.69 Å². The molecular weight excluding hydrogens is 368 g/mol. The molecule has 0 fully saturated rings. The molecule has 0 aliphatic rings. The van der Waals surface area contributed by atoms with Gasteiger partial charge in [-0.3, -0.25) is 14.4 Å². The zero-order valence-electron chi connectivity index (χ0n) is 15.6. The highest BCUT2D eigenvalue weighted by Crippen LogP contribution is 2.22. The number of rotatable bonds is 7. The van der Waals surface area contributed by atoms with Crippen molar-refractivity contribution in [2.24, 2.45) is 0 Å². The molecule has 3 rings (SSSR count). The number of ether oxygens (including phenoxy) is 1. The van der Waals surface area contributed by atoms with Crippen molar-refractivity contribution in [2.45, 2.75) is 0 Å². The molecule has 0 atom stereocenters. The first-order valence-corrected chi connectivity index (χ1v) is 9.06. The van der Waals surface area contributed by atoms with Crippen molar-refractivity contribution in [3.8, 4) is 0 Å². The Kier molecular flexibility index (Phi) is 6.73. The van der Waals surface area contributed by atoms with Gasteiger partial charge in [0.15, 0.2) is 6.61 Å². The van der Waals surface area contributed by atoms with Gasteiger partial charge in [0.25, 0.3) is 5.91 Å². The van der Waals surface area contributed by atoms with Gasteiger partial charge in [-0.25, -0.2) is 0 Å². The second-order valence-electron chi connectivity index (χ2n) is 6.20. The van der Waals surface area contributed by atoms with E-state index in [1.54, 1.807) is 12.1 Å². The molecule has 3 aromatic rings. The van der Waals surface area contributed by atoms with Gasteiger partial charge in [0.05, 0.1) is 0 Å². The fraction of sp³-hybridized carbons (Fsp3) is 0.0870. The Morgan fingerprint density at radius 1 is 0.862 bits per heavy atom. The van der Waals surface area contributed by atoms with E-state index in [-0.39, 0.29) is 6.54 Å². The molecule has 3 aromatic carbocycles. The standard InChI is InChI=1S/C23H20N2O4/c26-21(14-13-17-7-2-1-3-8-17)24-15-23(28)29-16-22(27)25-20-12-6-10-18-9-4-5-11-19(18)20/h1-14H,15-16H2,(H,24,26)(H,25,27)/b14-13+. The maximum absolute atomic E-state index is 12.1. The number of benzene rings is 3. The van der Waals surface area contributed by atoms with Crippen LogP contribution in [0.3, 0.4) is 0 Å². The average molecular weight is 388 g/mol. The fourth-order valence-corrected chi connectivity index (χ4v) is 2.67. The quantitative estimate of drug-likeness (QED) is 0.481. The topological polar surface area (TPSA) is 84.5 Å². The first-order chi connectivity index (χ1) is 14.1. The van der Waals surface area contributed by atoms with E-state index < -0.39 is 24.4 Å². The minimum atomic E-state index is -0.695. The zero-order chi connectivity index (χ0) is 20.5. The molecule has 0 saturated carbocycles.